The second-order valence-corrected chi connectivity index (χ2v) is 5.85. The molecule has 23 heavy (non-hydrogen) atoms. The summed E-state index contributed by atoms with van der Waals surface area (Å²) < 4.78 is 0. The number of nitrogens with one attached hydrogen (secondary N) is 1. The molecule has 6 nitrogen and oxygen atoms in total. The van der Waals surface area contributed by atoms with Gasteiger partial charge < -0.3 is 15.1 Å². The van der Waals surface area contributed by atoms with Gasteiger partial charge in [0, 0.05) is 38.1 Å². The minimum atomic E-state index is -0.216. The molecule has 2 aromatic rings. The summed E-state index contributed by atoms with van der Waals surface area (Å²) in [5.41, 5.74) is 2.30. The number of aromatic nitrogens is 2. The van der Waals surface area contributed by atoms with Crippen LogP contribution in [0.4, 0.5) is 11.6 Å². The maximum Gasteiger partial charge on any atom is 0.274 e. The molecule has 2 heterocycles. The number of anilines is 2. The summed E-state index contributed by atoms with van der Waals surface area (Å²) in [7, 11) is 2.10. The number of rotatable bonds is 3. The predicted molar refractivity (Wildman–Crippen MR) is 90.9 cm³/mol. The topological polar surface area (TPSA) is 61.4 Å². The molecule has 0 radical (unpaired) electrons. The van der Waals surface area contributed by atoms with Crippen LogP contribution in [0.3, 0.4) is 0 Å². The Balaban J connectivity index is 1.71. The van der Waals surface area contributed by atoms with E-state index >= 15 is 0 Å². The van der Waals surface area contributed by atoms with Gasteiger partial charge in [0.15, 0.2) is 0 Å². The van der Waals surface area contributed by atoms with Crippen molar-refractivity contribution in [2.75, 3.05) is 43.4 Å². The Kier molecular flexibility index (Phi) is 4.52. The fraction of sp³-hybridized carbons (Fsp3) is 0.353. The summed E-state index contributed by atoms with van der Waals surface area (Å²) in [5.74, 6) is 0.404. The Hall–Kier alpha value is -2.47. The Morgan fingerprint density at radius 1 is 1.09 bits per heavy atom. The maximum absolute atomic E-state index is 12.4. The van der Waals surface area contributed by atoms with E-state index < -0.39 is 0 Å². The molecular formula is C17H21N5O. The number of hydrogen-bond acceptors (Lipinski definition) is 5. The van der Waals surface area contributed by atoms with E-state index in [1.54, 1.807) is 12.3 Å². The average molecular weight is 311 g/mol. The highest BCUT2D eigenvalue weighted by atomic mass is 16.1. The van der Waals surface area contributed by atoms with E-state index in [0.29, 0.717) is 11.6 Å². The van der Waals surface area contributed by atoms with Crippen LogP contribution in [0.25, 0.3) is 0 Å². The van der Waals surface area contributed by atoms with Gasteiger partial charge in [0.1, 0.15) is 5.69 Å². The molecule has 1 fully saturated rings. The number of carbonyl (C=O) groups is 1. The number of aryl methyl sites for hydroxylation is 1. The molecule has 1 saturated heterocycles. The number of benzene rings is 1. The second kappa shape index (κ2) is 6.75. The van der Waals surface area contributed by atoms with E-state index in [1.165, 1.54) is 0 Å². The van der Waals surface area contributed by atoms with Gasteiger partial charge in [-0.1, -0.05) is 17.7 Å². The Morgan fingerprint density at radius 3 is 2.48 bits per heavy atom. The van der Waals surface area contributed by atoms with Gasteiger partial charge in [-0.05, 0) is 32.2 Å². The first kappa shape index (κ1) is 15.4. The third-order valence-electron chi connectivity index (χ3n) is 3.97. The minimum absolute atomic E-state index is 0.216. The van der Waals surface area contributed by atoms with Crippen LogP contribution in [-0.2, 0) is 0 Å². The third-order valence-corrected chi connectivity index (χ3v) is 3.97. The standard InChI is InChI=1S/C17H21N5O/c1-13-3-5-14(6-4-13)19-16(23)15-7-8-18-17(20-15)22-11-9-21(2)10-12-22/h3-8H,9-12H2,1-2H3,(H,19,23). The van der Waals surface area contributed by atoms with Gasteiger partial charge in [-0.25, -0.2) is 9.97 Å². The van der Waals surface area contributed by atoms with Gasteiger partial charge in [0.2, 0.25) is 5.95 Å². The molecule has 0 unspecified atom stereocenters. The van der Waals surface area contributed by atoms with E-state index in [-0.39, 0.29) is 5.91 Å². The maximum atomic E-state index is 12.4. The van der Waals surface area contributed by atoms with Crippen molar-refractivity contribution in [3.05, 3.63) is 47.8 Å². The number of carbonyl (C=O) groups excluding carboxylic acids is 1. The number of hydrogen-bond donors (Lipinski definition) is 1. The van der Waals surface area contributed by atoms with E-state index in [9.17, 15) is 4.79 Å². The van der Waals surface area contributed by atoms with Crippen molar-refractivity contribution in [3.8, 4) is 0 Å². The molecule has 0 saturated carbocycles. The molecule has 0 spiro atoms. The van der Waals surface area contributed by atoms with Crippen LogP contribution >= 0.6 is 0 Å². The summed E-state index contributed by atoms with van der Waals surface area (Å²) >= 11 is 0. The van der Waals surface area contributed by atoms with Gasteiger partial charge in [0.05, 0.1) is 0 Å². The lowest BCUT2D eigenvalue weighted by molar-refractivity contribution is 0.102. The summed E-state index contributed by atoms with van der Waals surface area (Å²) in [6.07, 6.45) is 1.64. The first-order chi connectivity index (χ1) is 11.1. The zero-order chi connectivity index (χ0) is 16.2. The number of likely N-dealkylation sites (N-methyl/N-ethyl adjacent to an activating group) is 1. The molecule has 1 N–H and O–H groups in total. The fourth-order valence-corrected chi connectivity index (χ4v) is 2.47. The molecule has 1 aromatic carbocycles. The van der Waals surface area contributed by atoms with Crippen LogP contribution in [0, 0.1) is 6.92 Å². The number of piperazine rings is 1. The Bertz CT molecular complexity index is 678. The van der Waals surface area contributed by atoms with Gasteiger partial charge in [-0.2, -0.15) is 0 Å². The van der Waals surface area contributed by atoms with Crippen LogP contribution in [0.1, 0.15) is 16.1 Å². The van der Waals surface area contributed by atoms with E-state index in [4.69, 9.17) is 0 Å². The van der Waals surface area contributed by atoms with Crippen molar-refractivity contribution >= 4 is 17.5 Å². The quantitative estimate of drug-likeness (QED) is 0.936. The molecule has 0 atom stereocenters. The molecule has 120 valence electrons. The normalized spacial score (nSPS) is 15.5. The lowest BCUT2D eigenvalue weighted by Crippen LogP contribution is -2.45. The fourth-order valence-electron chi connectivity index (χ4n) is 2.47. The third kappa shape index (κ3) is 3.84. The van der Waals surface area contributed by atoms with Gasteiger partial charge in [-0.15, -0.1) is 0 Å². The molecule has 0 aliphatic carbocycles. The summed E-state index contributed by atoms with van der Waals surface area (Å²) in [4.78, 5) is 25.5. The van der Waals surface area contributed by atoms with Crippen molar-refractivity contribution in [3.63, 3.8) is 0 Å². The SMILES string of the molecule is Cc1ccc(NC(=O)c2ccnc(N3CCN(C)CC3)n2)cc1. The molecule has 0 bridgehead atoms. The molecule has 1 aliphatic rings. The molecule has 1 aliphatic heterocycles. The van der Waals surface area contributed by atoms with Crippen LogP contribution in [-0.4, -0.2) is 54.0 Å². The molecule has 1 aromatic heterocycles. The second-order valence-electron chi connectivity index (χ2n) is 5.85. The monoisotopic (exact) mass is 311 g/mol. The molecule has 3 rings (SSSR count). The number of amides is 1. The van der Waals surface area contributed by atoms with Crippen molar-refractivity contribution in [1.29, 1.82) is 0 Å². The Labute approximate surface area is 136 Å². The summed E-state index contributed by atoms with van der Waals surface area (Å²) in [6, 6.07) is 9.34. The van der Waals surface area contributed by atoms with E-state index in [2.05, 4.69) is 32.1 Å². The van der Waals surface area contributed by atoms with E-state index in [1.807, 2.05) is 31.2 Å². The largest absolute Gasteiger partial charge is 0.338 e. The average Bonchev–Trinajstić information content (AvgIpc) is 2.58. The zero-order valence-electron chi connectivity index (χ0n) is 13.5. The summed E-state index contributed by atoms with van der Waals surface area (Å²) in [5, 5.41) is 2.87. The lowest BCUT2D eigenvalue weighted by atomic mass is 10.2. The highest BCUT2D eigenvalue weighted by Gasteiger charge is 2.18. The van der Waals surface area contributed by atoms with Gasteiger partial charge in [0.25, 0.3) is 5.91 Å². The van der Waals surface area contributed by atoms with Crippen LogP contribution in [0.2, 0.25) is 0 Å². The molecule has 1 amide bonds. The van der Waals surface area contributed by atoms with Crippen LogP contribution in [0.15, 0.2) is 36.5 Å². The van der Waals surface area contributed by atoms with Crippen LogP contribution < -0.4 is 10.2 Å². The highest BCUT2D eigenvalue weighted by molar-refractivity contribution is 6.02. The predicted octanol–water partition coefficient (Wildman–Crippen LogP) is 1.79. The first-order valence-electron chi connectivity index (χ1n) is 7.76. The summed E-state index contributed by atoms with van der Waals surface area (Å²) in [6.45, 7) is 5.71. The van der Waals surface area contributed by atoms with Crippen molar-refractivity contribution in [2.24, 2.45) is 0 Å². The van der Waals surface area contributed by atoms with Crippen LogP contribution in [0.5, 0.6) is 0 Å². The lowest BCUT2D eigenvalue weighted by Gasteiger charge is -2.32. The smallest absolute Gasteiger partial charge is 0.274 e. The minimum Gasteiger partial charge on any atom is -0.338 e. The van der Waals surface area contributed by atoms with Gasteiger partial charge >= 0.3 is 0 Å². The molecule has 6 heteroatoms. The highest BCUT2D eigenvalue weighted by Crippen LogP contribution is 2.13. The Morgan fingerprint density at radius 2 is 1.78 bits per heavy atom. The van der Waals surface area contributed by atoms with Crippen molar-refractivity contribution < 1.29 is 4.79 Å². The van der Waals surface area contributed by atoms with Crippen molar-refractivity contribution in [1.82, 2.24) is 14.9 Å². The first-order valence-corrected chi connectivity index (χ1v) is 7.76. The van der Waals surface area contributed by atoms with Gasteiger partial charge in [-0.3, -0.25) is 4.79 Å². The van der Waals surface area contributed by atoms with E-state index in [0.717, 1.165) is 37.4 Å². The number of nitrogens with zero attached hydrogens (tertiary/aromatic N) is 4. The van der Waals surface area contributed by atoms with Crippen molar-refractivity contribution in [2.45, 2.75) is 6.92 Å². The zero-order valence-corrected chi connectivity index (χ0v) is 13.5. The molecular weight excluding hydrogens is 290 g/mol.